The number of alkyl halides is 2. The van der Waals surface area contributed by atoms with Crippen molar-refractivity contribution in [3.05, 3.63) is 151 Å². The number of nitrogens with zero attached hydrogens (tertiary/aromatic N) is 3. The van der Waals surface area contributed by atoms with Gasteiger partial charge in [0, 0.05) is 45.3 Å². The van der Waals surface area contributed by atoms with Crippen LogP contribution in [0.3, 0.4) is 0 Å². The second-order valence-corrected chi connectivity index (χ2v) is 12.5. The number of para-hydroxylation sites is 2. The highest BCUT2D eigenvalue weighted by atomic mass is 32.1. The quantitative estimate of drug-likeness (QED) is 0.0548. The molecule has 6 aromatic rings. The highest BCUT2D eigenvalue weighted by Gasteiger charge is 2.23. The van der Waals surface area contributed by atoms with E-state index in [1.807, 2.05) is 0 Å². The monoisotopic (exact) mass is 784 g/mol. The van der Waals surface area contributed by atoms with E-state index >= 15 is 0 Å². The van der Waals surface area contributed by atoms with Crippen molar-refractivity contribution in [2.45, 2.75) is 6.61 Å². The Kier molecular flexibility index (Phi) is 12.3. The molecule has 0 aliphatic heterocycles. The van der Waals surface area contributed by atoms with Gasteiger partial charge in [-0.25, -0.2) is 14.6 Å². The van der Waals surface area contributed by atoms with Crippen LogP contribution in [-0.2, 0) is 4.74 Å². The molecule has 0 saturated carbocycles. The molecule has 0 unspecified atom stereocenters. The zero-order valence-corrected chi connectivity index (χ0v) is 29.9. The van der Waals surface area contributed by atoms with Gasteiger partial charge in [0.25, 0.3) is 11.4 Å². The predicted molar refractivity (Wildman–Crippen MR) is 204 cm³/mol. The number of aromatic carboxylic acids is 1. The second kappa shape index (κ2) is 17.2. The predicted octanol–water partition coefficient (Wildman–Crippen LogP) is 9.03. The normalized spacial score (nSPS) is 10.5. The minimum Gasteiger partial charge on any atom is -0.478 e. The van der Waals surface area contributed by atoms with E-state index in [1.54, 1.807) is 60.0 Å². The Morgan fingerprint density at radius 1 is 0.800 bits per heavy atom. The van der Waals surface area contributed by atoms with Crippen molar-refractivity contribution in [3.8, 4) is 49.8 Å². The van der Waals surface area contributed by atoms with Crippen molar-refractivity contribution in [3.63, 3.8) is 0 Å². The first-order chi connectivity index (χ1) is 26.3. The number of nitro benzene ring substituents is 2. The Balaban J connectivity index is 0.000000229. The molecule has 278 valence electrons. The van der Waals surface area contributed by atoms with Crippen molar-refractivity contribution in [1.29, 1.82) is 0 Å². The molecule has 0 aliphatic rings. The van der Waals surface area contributed by atoms with Gasteiger partial charge in [0.2, 0.25) is 0 Å². The lowest BCUT2D eigenvalue weighted by Gasteiger charge is -2.10. The fourth-order valence-electron chi connectivity index (χ4n) is 5.37. The highest BCUT2D eigenvalue weighted by Crippen LogP contribution is 2.37. The SMILES string of the molecule is COC(=O)c1cc(C(N)=S)ccc1-c1ccccc1[N+](=O)[O-].O=C(O)c1cc(-c2nc(-c3ccc(OC(F)F)cc3)cs2)ccc1-c1ccccc1[N+](=O)[O-]. The Bertz CT molecular complexity index is 2440. The number of rotatable bonds is 11. The average molecular weight is 785 g/mol. The van der Waals surface area contributed by atoms with E-state index in [9.17, 15) is 43.7 Å². The van der Waals surface area contributed by atoms with Crippen LogP contribution in [0, 0.1) is 20.2 Å². The van der Waals surface area contributed by atoms with Crippen molar-refractivity contribution < 1.29 is 42.8 Å². The van der Waals surface area contributed by atoms with Crippen LogP contribution in [0.25, 0.3) is 44.1 Å². The summed E-state index contributed by atoms with van der Waals surface area (Å²) in [7, 11) is 1.24. The van der Waals surface area contributed by atoms with Crippen molar-refractivity contribution in [2.75, 3.05) is 7.11 Å². The van der Waals surface area contributed by atoms with Gasteiger partial charge in [-0.2, -0.15) is 8.78 Å². The van der Waals surface area contributed by atoms with Crippen LogP contribution in [0.15, 0.2) is 115 Å². The van der Waals surface area contributed by atoms with Gasteiger partial charge < -0.3 is 20.3 Å². The Labute approximate surface area is 319 Å². The van der Waals surface area contributed by atoms with Crippen LogP contribution < -0.4 is 10.5 Å². The topological polar surface area (TPSA) is 198 Å². The minimum atomic E-state index is -2.91. The van der Waals surface area contributed by atoms with Gasteiger partial charge in [-0.3, -0.25) is 20.2 Å². The molecule has 17 heteroatoms. The van der Waals surface area contributed by atoms with E-state index in [1.165, 1.54) is 73.0 Å². The van der Waals surface area contributed by atoms with E-state index in [-0.39, 0.29) is 44.4 Å². The molecule has 0 aliphatic carbocycles. The maximum Gasteiger partial charge on any atom is 0.387 e. The molecule has 1 aromatic heterocycles. The molecule has 0 fully saturated rings. The van der Waals surface area contributed by atoms with E-state index in [2.05, 4.69) is 9.72 Å². The smallest absolute Gasteiger partial charge is 0.387 e. The Hall–Kier alpha value is -6.98. The summed E-state index contributed by atoms with van der Waals surface area (Å²) in [4.78, 5) is 50.1. The number of halogens is 2. The van der Waals surface area contributed by atoms with Crippen LogP contribution in [0.5, 0.6) is 5.75 Å². The molecule has 0 atom stereocenters. The van der Waals surface area contributed by atoms with Crippen LogP contribution in [0.1, 0.15) is 26.3 Å². The van der Waals surface area contributed by atoms with Crippen molar-refractivity contribution in [2.24, 2.45) is 5.73 Å². The molecule has 13 nitrogen and oxygen atoms in total. The molecule has 0 amide bonds. The van der Waals surface area contributed by atoms with Gasteiger partial charge in [-0.15, -0.1) is 11.3 Å². The zero-order chi connectivity index (χ0) is 39.8. The first-order valence-electron chi connectivity index (χ1n) is 15.7. The molecule has 1 heterocycles. The molecule has 55 heavy (non-hydrogen) atoms. The maximum absolute atomic E-state index is 12.3. The molecule has 0 radical (unpaired) electrons. The van der Waals surface area contributed by atoms with Crippen LogP contribution in [0.4, 0.5) is 20.2 Å². The van der Waals surface area contributed by atoms with Gasteiger partial charge >= 0.3 is 18.6 Å². The number of thiocarbonyl (C=S) groups is 1. The fourth-order valence-corrected chi connectivity index (χ4v) is 6.32. The summed E-state index contributed by atoms with van der Waals surface area (Å²) >= 11 is 6.17. The summed E-state index contributed by atoms with van der Waals surface area (Å²) in [5.74, 6) is -1.82. The first kappa shape index (κ1) is 39.2. The molecule has 0 spiro atoms. The minimum absolute atomic E-state index is 0.0286. The number of hydrogen-bond acceptors (Lipinski definition) is 11. The van der Waals surface area contributed by atoms with Crippen LogP contribution >= 0.6 is 23.6 Å². The lowest BCUT2D eigenvalue weighted by Crippen LogP contribution is -2.12. The number of methoxy groups -OCH3 is 1. The third kappa shape index (κ3) is 9.16. The largest absolute Gasteiger partial charge is 0.478 e. The molecule has 0 bridgehead atoms. The number of carbonyl (C=O) groups excluding carboxylic acids is 1. The number of nitrogens with two attached hydrogens (primary N) is 1. The molecular formula is C38H26F2N4O9S2. The van der Waals surface area contributed by atoms with Crippen LogP contribution in [-0.4, -0.2) is 50.6 Å². The number of aromatic nitrogens is 1. The lowest BCUT2D eigenvalue weighted by atomic mass is 9.96. The maximum atomic E-state index is 12.3. The summed E-state index contributed by atoms with van der Waals surface area (Å²) in [6.45, 7) is -2.91. The fraction of sp³-hybridized carbons (Fsp3) is 0.0526. The summed E-state index contributed by atoms with van der Waals surface area (Å²) in [5, 5.41) is 34.6. The van der Waals surface area contributed by atoms with E-state index in [4.69, 9.17) is 22.7 Å². The van der Waals surface area contributed by atoms with Gasteiger partial charge in [0.1, 0.15) is 15.7 Å². The van der Waals surface area contributed by atoms with E-state index in [0.717, 1.165) is 0 Å². The summed E-state index contributed by atoms with van der Waals surface area (Å²) in [6, 6.07) is 27.4. The van der Waals surface area contributed by atoms with E-state index < -0.39 is 28.4 Å². The summed E-state index contributed by atoms with van der Waals surface area (Å²) < 4.78 is 33.7. The molecule has 0 saturated heterocycles. The van der Waals surface area contributed by atoms with Crippen LogP contribution in [0.2, 0.25) is 0 Å². The highest BCUT2D eigenvalue weighted by molar-refractivity contribution is 7.80. The van der Waals surface area contributed by atoms with Crippen molar-refractivity contribution >= 4 is 51.9 Å². The third-order valence-corrected chi connectivity index (χ3v) is 8.99. The van der Waals surface area contributed by atoms with Gasteiger partial charge in [0.05, 0.1) is 44.9 Å². The Morgan fingerprint density at radius 2 is 1.35 bits per heavy atom. The van der Waals surface area contributed by atoms with Gasteiger partial charge in [-0.1, -0.05) is 60.7 Å². The molecule has 6 rings (SSSR count). The number of ether oxygens (including phenoxy) is 2. The number of thiazole rings is 1. The van der Waals surface area contributed by atoms with Gasteiger partial charge in [-0.05, 0) is 48.5 Å². The number of carboxylic acids is 1. The Morgan fingerprint density at radius 3 is 1.87 bits per heavy atom. The van der Waals surface area contributed by atoms with E-state index in [0.29, 0.717) is 38.5 Å². The van der Waals surface area contributed by atoms with Crippen molar-refractivity contribution in [1.82, 2.24) is 4.98 Å². The first-order valence-corrected chi connectivity index (χ1v) is 17.0. The number of esters is 1. The molecule has 3 N–H and O–H groups in total. The summed E-state index contributed by atoms with van der Waals surface area (Å²) in [6.07, 6.45) is 0. The average Bonchev–Trinajstić information content (AvgIpc) is 3.68. The number of benzene rings is 5. The number of hydrogen-bond donors (Lipinski definition) is 2. The third-order valence-electron chi connectivity index (χ3n) is 7.87. The number of carboxylic acid groups (broad SMARTS) is 1. The zero-order valence-electron chi connectivity index (χ0n) is 28.3. The molecule has 5 aromatic carbocycles. The standard InChI is InChI=1S/C23H14F2N2O5S.C15H12N2O4S/c24-23(25)32-15-8-5-13(6-9-15)19-12-33-21(26-19)14-7-10-16(18(11-14)22(28)29)17-3-1-2-4-20(17)27(30)31;1-21-15(18)12-8-9(14(16)22)6-7-10(12)11-4-2-3-5-13(11)17(19)20/h1-12,23H,(H,28,29);2-8H,1H3,(H2,16,22). The molecular weight excluding hydrogens is 759 g/mol. The van der Waals surface area contributed by atoms with Gasteiger partial charge in [0.15, 0.2) is 0 Å². The summed E-state index contributed by atoms with van der Waals surface area (Å²) in [5.41, 5.74) is 8.76. The second-order valence-electron chi connectivity index (χ2n) is 11.2. The number of carbonyl (C=O) groups is 2. The number of nitro groups is 2. The lowest BCUT2D eigenvalue weighted by molar-refractivity contribution is -0.384.